The molecule has 31 heavy (non-hydrogen) atoms. The Morgan fingerprint density at radius 1 is 0.968 bits per heavy atom. The zero-order valence-corrected chi connectivity index (χ0v) is 17.2. The molecule has 0 bridgehead atoms. The maximum atomic E-state index is 13.0. The molecule has 1 aliphatic rings. The average Bonchev–Trinajstić information content (AvgIpc) is 3.42. The highest BCUT2D eigenvalue weighted by atomic mass is 16.5. The fourth-order valence-electron chi connectivity index (χ4n) is 3.55. The average molecular weight is 421 g/mol. The van der Waals surface area contributed by atoms with E-state index in [1.807, 2.05) is 18.2 Å². The molecule has 0 atom stereocenters. The SMILES string of the molecule is Cc1cc(NC(=O)Cn2cccc2C(=O)N2CCN(C(=O)c3ccccc3)CC2)no1. The number of amides is 3. The molecule has 3 heterocycles. The normalized spacial score (nSPS) is 13.8. The van der Waals surface area contributed by atoms with Crippen LogP contribution in [-0.2, 0) is 11.3 Å². The Labute approximate surface area is 179 Å². The minimum atomic E-state index is -0.308. The molecule has 0 saturated carbocycles. The predicted octanol–water partition coefficient (Wildman–Crippen LogP) is 2.02. The van der Waals surface area contributed by atoms with E-state index in [4.69, 9.17) is 4.52 Å². The number of carbonyl (C=O) groups excluding carboxylic acids is 3. The van der Waals surface area contributed by atoms with Gasteiger partial charge in [-0.3, -0.25) is 14.4 Å². The van der Waals surface area contributed by atoms with Gasteiger partial charge in [0.1, 0.15) is 18.0 Å². The second-order valence-corrected chi connectivity index (χ2v) is 7.34. The molecule has 0 unspecified atom stereocenters. The Morgan fingerprint density at radius 2 is 1.65 bits per heavy atom. The van der Waals surface area contributed by atoms with Crippen LogP contribution in [0.2, 0.25) is 0 Å². The number of aryl methyl sites for hydroxylation is 1. The highest BCUT2D eigenvalue weighted by Gasteiger charge is 2.27. The van der Waals surface area contributed by atoms with Gasteiger partial charge in [0.15, 0.2) is 5.82 Å². The first-order valence-electron chi connectivity index (χ1n) is 10.0. The van der Waals surface area contributed by atoms with Crippen LogP contribution in [0.5, 0.6) is 0 Å². The van der Waals surface area contributed by atoms with Gasteiger partial charge in [-0.2, -0.15) is 0 Å². The zero-order valence-electron chi connectivity index (χ0n) is 17.2. The minimum absolute atomic E-state index is 0.0214. The molecule has 3 amide bonds. The van der Waals surface area contributed by atoms with Gasteiger partial charge in [-0.05, 0) is 31.2 Å². The molecule has 0 aliphatic carbocycles. The second kappa shape index (κ2) is 8.86. The van der Waals surface area contributed by atoms with Gasteiger partial charge >= 0.3 is 0 Å². The van der Waals surface area contributed by atoms with Crippen molar-refractivity contribution in [2.24, 2.45) is 0 Å². The first kappa shape index (κ1) is 20.4. The standard InChI is InChI=1S/C22H23N5O4/c1-16-14-19(24-31-16)23-20(28)15-27-9-5-8-18(27)22(30)26-12-10-25(11-13-26)21(29)17-6-3-2-4-7-17/h2-9,14H,10-13,15H2,1H3,(H,23,24,28). The lowest BCUT2D eigenvalue weighted by atomic mass is 10.2. The number of anilines is 1. The highest BCUT2D eigenvalue weighted by molar-refractivity contribution is 5.96. The van der Waals surface area contributed by atoms with E-state index >= 15 is 0 Å². The number of benzene rings is 1. The fourth-order valence-corrected chi connectivity index (χ4v) is 3.55. The van der Waals surface area contributed by atoms with Crippen LogP contribution in [0.3, 0.4) is 0 Å². The van der Waals surface area contributed by atoms with Crippen LogP contribution in [-0.4, -0.2) is 63.4 Å². The van der Waals surface area contributed by atoms with E-state index in [-0.39, 0.29) is 24.3 Å². The van der Waals surface area contributed by atoms with Crippen LogP contribution < -0.4 is 5.32 Å². The number of carbonyl (C=O) groups is 3. The molecule has 2 aromatic heterocycles. The summed E-state index contributed by atoms with van der Waals surface area (Å²) in [6.45, 7) is 3.52. The zero-order chi connectivity index (χ0) is 21.8. The molecule has 1 N–H and O–H groups in total. The lowest BCUT2D eigenvalue weighted by Gasteiger charge is -2.35. The Bertz CT molecular complexity index is 1080. The third kappa shape index (κ3) is 4.66. The number of nitrogens with one attached hydrogen (secondary N) is 1. The number of hydrogen-bond acceptors (Lipinski definition) is 5. The van der Waals surface area contributed by atoms with Crippen LogP contribution in [0.25, 0.3) is 0 Å². The number of aromatic nitrogens is 2. The van der Waals surface area contributed by atoms with Crippen LogP contribution in [0, 0.1) is 6.92 Å². The summed E-state index contributed by atoms with van der Waals surface area (Å²) in [6, 6.07) is 14.2. The van der Waals surface area contributed by atoms with E-state index in [1.165, 1.54) is 0 Å². The van der Waals surface area contributed by atoms with Crippen LogP contribution >= 0.6 is 0 Å². The molecule has 0 spiro atoms. The van der Waals surface area contributed by atoms with E-state index in [9.17, 15) is 14.4 Å². The molecule has 0 radical (unpaired) electrons. The van der Waals surface area contributed by atoms with Gasteiger partial charge in [0.05, 0.1) is 0 Å². The number of hydrogen-bond donors (Lipinski definition) is 1. The third-order valence-electron chi connectivity index (χ3n) is 5.13. The molecular weight excluding hydrogens is 398 g/mol. The van der Waals surface area contributed by atoms with Gasteiger partial charge in [-0.1, -0.05) is 23.4 Å². The van der Waals surface area contributed by atoms with Gasteiger partial charge in [0, 0.05) is 44.0 Å². The molecular formula is C22H23N5O4. The molecule has 9 nitrogen and oxygen atoms in total. The Hall–Kier alpha value is -3.88. The number of nitrogens with zero attached hydrogens (tertiary/aromatic N) is 4. The predicted molar refractivity (Wildman–Crippen MR) is 113 cm³/mol. The summed E-state index contributed by atoms with van der Waals surface area (Å²) in [6.07, 6.45) is 1.69. The van der Waals surface area contributed by atoms with E-state index < -0.39 is 0 Å². The van der Waals surface area contributed by atoms with Crippen LogP contribution in [0.15, 0.2) is 59.3 Å². The highest BCUT2D eigenvalue weighted by Crippen LogP contribution is 2.13. The maximum Gasteiger partial charge on any atom is 0.270 e. The summed E-state index contributed by atoms with van der Waals surface area (Å²) in [5.74, 6) is 0.424. The smallest absolute Gasteiger partial charge is 0.270 e. The van der Waals surface area contributed by atoms with Crippen molar-refractivity contribution in [1.29, 1.82) is 0 Å². The van der Waals surface area contributed by atoms with E-state index in [2.05, 4.69) is 10.5 Å². The Morgan fingerprint density at radius 3 is 2.29 bits per heavy atom. The van der Waals surface area contributed by atoms with Gasteiger partial charge in [0.2, 0.25) is 5.91 Å². The van der Waals surface area contributed by atoms with Crippen LogP contribution in [0.1, 0.15) is 26.6 Å². The van der Waals surface area contributed by atoms with Crippen LogP contribution in [0.4, 0.5) is 5.82 Å². The monoisotopic (exact) mass is 421 g/mol. The Balaban J connectivity index is 1.35. The van der Waals surface area contributed by atoms with E-state index in [0.717, 1.165) is 0 Å². The number of rotatable bonds is 5. The second-order valence-electron chi connectivity index (χ2n) is 7.34. The van der Waals surface area contributed by atoms with Gasteiger partial charge < -0.3 is 24.2 Å². The van der Waals surface area contributed by atoms with Crippen molar-refractivity contribution in [3.05, 3.63) is 71.7 Å². The van der Waals surface area contributed by atoms with E-state index in [0.29, 0.717) is 49.0 Å². The van der Waals surface area contributed by atoms with Crippen molar-refractivity contribution in [3.63, 3.8) is 0 Å². The summed E-state index contributed by atoms with van der Waals surface area (Å²) in [7, 11) is 0. The molecule has 1 aromatic carbocycles. The lowest BCUT2D eigenvalue weighted by molar-refractivity contribution is -0.116. The molecule has 4 rings (SSSR count). The van der Waals surface area contributed by atoms with Crippen molar-refractivity contribution in [3.8, 4) is 0 Å². The maximum absolute atomic E-state index is 13.0. The summed E-state index contributed by atoms with van der Waals surface area (Å²) in [5.41, 5.74) is 1.07. The molecule has 1 fully saturated rings. The summed E-state index contributed by atoms with van der Waals surface area (Å²) in [5, 5.41) is 6.38. The molecule has 3 aromatic rings. The lowest BCUT2D eigenvalue weighted by Crippen LogP contribution is -2.51. The van der Waals surface area contributed by atoms with E-state index in [1.54, 1.807) is 57.8 Å². The quantitative estimate of drug-likeness (QED) is 0.679. The largest absolute Gasteiger partial charge is 0.360 e. The third-order valence-corrected chi connectivity index (χ3v) is 5.13. The molecule has 1 aliphatic heterocycles. The minimum Gasteiger partial charge on any atom is -0.360 e. The Kier molecular flexibility index (Phi) is 5.83. The summed E-state index contributed by atoms with van der Waals surface area (Å²) in [4.78, 5) is 41.4. The van der Waals surface area contributed by atoms with Crippen molar-refractivity contribution >= 4 is 23.5 Å². The molecule has 9 heteroatoms. The summed E-state index contributed by atoms with van der Waals surface area (Å²) < 4.78 is 6.54. The van der Waals surface area contributed by atoms with Crippen molar-refractivity contribution in [2.45, 2.75) is 13.5 Å². The molecule has 160 valence electrons. The first-order valence-corrected chi connectivity index (χ1v) is 10.0. The van der Waals surface area contributed by atoms with Gasteiger partial charge in [0.25, 0.3) is 11.8 Å². The molecule has 1 saturated heterocycles. The number of piperazine rings is 1. The van der Waals surface area contributed by atoms with Crippen molar-refractivity contribution < 1.29 is 18.9 Å². The fraction of sp³-hybridized carbons (Fsp3) is 0.273. The first-order chi connectivity index (χ1) is 15.0. The van der Waals surface area contributed by atoms with Gasteiger partial charge in [-0.15, -0.1) is 0 Å². The van der Waals surface area contributed by atoms with Gasteiger partial charge in [-0.25, -0.2) is 0 Å². The van der Waals surface area contributed by atoms with Crippen molar-refractivity contribution in [1.82, 2.24) is 19.5 Å². The summed E-state index contributed by atoms with van der Waals surface area (Å²) >= 11 is 0. The topological polar surface area (TPSA) is 101 Å². The van der Waals surface area contributed by atoms with Crippen molar-refractivity contribution in [2.75, 3.05) is 31.5 Å².